The number of tetrazole rings is 1. The number of carboxylic acid groups (broad SMARTS) is 1. The van der Waals surface area contributed by atoms with Gasteiger partial charge in [-0.2, -0.15) is 0 Å². The lowest BCUT2D eigenvalue weighted by atomic mass is 10.3. The number of carboxylic acids is 1. The van der Waals surface area contributed by atoms with Crippen LogP contribution >= 0.6 is 11.8 Å². The van der Waals surface area contributed by atoms with Crippen molar-refractivity contribution in [1.82, 2.24) is 25.5 Å². The molecule has 1 aliphatic carbocycles. The summed E-state index contributed by atoms with van der Waals surface area (Å²) in [6.45, 7) is 0. The van der Waals surface area contributed by atoms with Crippen molar-refractivity contribution in [3.63, 3.8) is 0 Å². The second kappa shape index (κ2) is 6.14. The Balaban J connectivity index is 1.97. The van der Waals surface area contributed by atoms with E-state index in [-0.39, 0.29) is 0 Å². The second-order valence-electron chi connectivity index (χ2n) is 4.33. The molecule has 2 rings (SSSR count). The van der Waals surface area contributed by atoms with Gasteiger partial charge in [-0.05, 0) is 30.3 Å². The number of hydrogen-bond donors (Lipinski definition) is 2. The smallest absolute Gasteiger partial charge is 0.321 e. The van der Waals surface area contributed by atoms with E-state index in [0.29, 0.717) is 17.0 Å². The van der Waals surface area contributed by atoms with E-state index in [1.165, 1.54) is 24.6 Å². The number of nitrogens with zero attached hydrogens (tertiary/aromatic N) is 4. The molecule has 0 aromatic carbocycles. The molecule has 0 bridgehead atoms. The SMILES string of the molecule is CNC(CSc1nnnn1C1CCCC1)C(=O)O. The minimum absolute atomic E-state index is 0.375. The molecule has 1 aromatic heterocycles. The fourth-order valence-corrected chi connectivity index (χ4v) is 3.13. The number of thioether (sulfide) groups is 1. The molecule has 1 aromatic rings. The Morgan fingerprint density at radius 2 is 2.33 bits per heavy atom. The molecule has 18 heavy (non-hydrogen) atoms. The van der Waals surface area contributed by atoms with Crippen molar-refractivity contribution in [2.45, 2.75) is 42.9 Å². The summed E-state index contributed by atoms with van der Waals surface area (Å²) in [5.41, 5.74) is 0. The van der Waals surface area contributed by atoms with E-state index >= 15 is 0 Å². The summed E-state index contributed by atoms with van der Waals surface area (Å²) in [7, 11) is 1.64. The maximum absolute atomic E-state index is 10.9. The van der Waals surface area contributed by atoms with Crippen LogP contribution in [0.3, 0.4) is 0 Å². The van der Waals surface area contributed by atoms with Gasteiger partial charge >= 0.3 is 5.97 Å². The average Bonchev–Trinajstić information content (AvgIpc) is 2.99. The molecule has 0 radical (unpaired) electrons. The van der Waals surface area contributed by atoms with Gasteiger partial charge in [0, 0.05) is 5.75 Å². The third-order valence-corrected chi connectivity index (χ3v) is 4.19. The first kappa shape index (κ1) is 13.3. The number of likely N-dealkylation sites (N-methyl/N-ethyl adjacent to an activating group) is 1. The molecule has 0 aliphatic heterocycles. The lowest BCUT2D eigenvalue weighted by Gasteiger charge is -2.13. The molecule has 1 saturated carbocycles. The van der Waals surface area contributed by atoms with Crippen LogP contribution in [-0.4, -0.2) is 50.1 Å². The zero-order valence-corrected chi connectivity index (χ0v) is 11.1. The van der Waals surface area contributed by atoms with Crippen molar-refractivity contribution in [2.75, 3.05) is 12.8 Å². The largest absolute Gasteiger partial charge is 0.480 e. The standard InChI is InChI=1S/C10H17N5O2S/c1-11-8(9(16)17)6-18-10-12-13-14-15(10)7-4-2-3-5-7/h7-8,11H,2-6H2,1H3,(H,16,17). The molecule has 0 spiro atoms. The number of rotatable bonds is 6. The van der Waals surface area contributed by atoms with E-state index in [1.807, 2.05) is 4.68 Å². The quantitative estimate of drug-likeness (QED) is 0.730. The third-order valence-electron chi connectivity index (χ3n) is 3.16. The fourth-order valence-electron chi connectivity index (χ4n) is 2.09. The van der Waals surface area contributed by atoms with Gasteiger partial charge in [-0.15, -0.1) is 5.10 Å². The third kappa shape index (κ3) is 2.99. The number of nitrogens with one attached hydrogen (secondary N) is 1. The summed E-state index contributed by atoms with van der Waals surface area (Å²) in [4.78, 5) is 10.9. The van der Waals surface area contributed by atoms with Crippen LogP contribution in [-0.2, 0) is 4.79 Å². The molecule has 0 amide bonds. The molecule has 1 fully saturated rings. The van der Waals surface area contributed by atoms with E-state index in [0.717, 1.165) is 12.8 Å². The monoisotopic (exact) mass is 271 g/mol. The van der Waals surface area contributed by atoms with Crippen molar-refractivity contribution < 1.29 is 9.90 Å². The number of aromatic nitrogens is 4. The molecular weight excluding hydrogens is 254 g/mol. The second-order valence-corrected chi connectivity index (χ2v) is 5.32. The summed E-state index contributed by atoms with van der Waals surface area (Å²) in [5, 5.41) is 24.1. The zero-order valence-electron chi connectivity index (χ0n) is 10.2. The summed E-state index contributed by atoms with van der Waals surface area (Å²) < 4.78 is 1.84. The normalized spacial score (nSPS) is 18.1. The van der Waals surface area contributed by atoms with E-state index in [4.69, 9.17) is 5.11 Å². The predicted molar refractivity (Wildman–Crippen MR) is 66.5 cm³/mol. The number of hydrogen-bond acceptors (Lipinski definition) is 6. The molecule has 2 N–H and O–H groups in total. The summed E-state index contributed by atoms with van der Waals surface area (Å²) in [5.74, 6) is -0.441. The number of carbonyl (C=O) groups is 1. The Labute approximate surface area is 109 Å². The Bertz CT molecular complexity index is 405. The Morgan fingerprint density at radius 1 is 1.61 bits per heavy atom. The van der Waals surface area contributed by atoms with E-state index < -0.39 is 12.0 Å². The van der Waals surface area contributed by atoms with Crippen LogP contribution in [0.2, 0.25) is 0 Å². The van der Waals surface area contributed by atoms with Crippen molar-refractivity contribution in [2.24, 2.45) is 0 Å². The first-order chi connectivity index (χ1) is 8.72. The summed E-state index contributed by atoms with van der Waals surface area (Å²) in [6.07, 6.45) is 4.63. The lowest BCUT2D eigenvalue weighted by Crippen LogP contribution is -2.36. The van der Waals surface area contributed by atoms with E-state index in [2.05, 4.69) is 20.8 Å². The van der Waals surface area contributed by atoms with Gasteiger partial charge in [-0.1, -0.05) is 24.6 Å². The van der Waals surface area contributed by atoms with Gasteiger partial charge in [-0.3, -0.25) is 4.79 Å². The molecule has 1 heterocycles. The Kier molecular flexibility index (Phi) is 4.54. The predicted octanol–water partition coefficient (Wildman–Crippen LogP) is 0.553. The molecular formula is C10H17N5O2S. The maximum Gasteiger partial charge on any atom is 0.321 e. The van der Waals surface area contributed by atoms with Crippen LogP contribution < -0.4 is 5.32 Å². The molecule has 1 atom stereocenters. The highest BCUT2D eigenvalue weighted by atomic mass is 32.2. The lowest BCUT2D eigenvalue weighted by molar-refractivity contribution is -0.138. The Morgan fingerprint density at radius 3 is 2.94 bits per heavy atom. The van der Waals surface area contributed by atoms with Crippen LogP contribution in [0.25, 0.3) is 0 Å². The summed E-state index contributed by atoms with van der Waals surface area (Å²) in [6, 6.07) is -0.205. The van der Waals surface area contributed by atoms with Gasteiger partial charge in [0.25, 0.3) is 0 Å². The van der Waals surface area contributed by atoms with Crippen molar-refractivity contribution in [1.29, 1.82) is 0 Å². The minimum Gasteiger partial charge on any atom is -0.480 e. The highest BCUT2D eigenvalue weighted by molar-refractivity contribution is 7.99. The van der Waals surface area contributed by atoms with Gasteiger partial charge < -0.3 is 10.4 Å². The van der Waals surface area contributed by atoms with E-state index in [1.54, 1.807) is 7.05 Å². The maximum atomic E-state index is 10.9. The topological polar surface area (TPSA) is 92.9 Å². The molecule has 7 nitrogen and oxygen atoms in total. The highest BCUT2D eigenvalue weighted by Crippen LogP contribution is 2.31. The van der Waals surface area contributed by atoms with Gasteiger partial charge in [0.2, 0.25) is 5.16 Å². The van der Waals surface area contributed by atoms with Crippen molar-refractivity contribution in [3.8, 4) is 0 Å². The first-order valence-corrected chi connectivity index (χ1v) is 7.01. The van der Waals surface area contributed by atoms with Gasteiger partial charge in [0.15, 0.2) is 0 Å². The first-order valence-electron chi connectivity index (χ1n) is 6.03. The molecule has 1 unspecified atom stereocenters. The van der Waals surface area contributed by atoms with Crippen molar-refractivity contribution >= 4 is 17.7 Å². The minimum atomic E-state index is -0.857. The molecule has 8 heteroatoms. The van der Waals surface area contributed by atoms with Crippen LogP contribution in [0, 0.1) is 0 Å². The van der Waals surface area contributed by atoms with Crippen LogP contribution in [0.5, 0.6) is 0 Å². The molecule has 1 aliphatic rings. The van der Waals surface area contributed by atoms with Crippen LogP contribution in [0.1, 0.15) is 31.7 Å². The number of aliphatic carboxylic acids is 1. The molecule has 100 valence electrons. The van der Waals surface area contributed by atoms with Crippen molar-refractivity contribution in [3.05, 3.63) is 0 Å². The van der Waals surface area contributed by atoms with Gasteiger partial charge in [0.1, 0.15) is 6.04 Å². The van der Waals surface area contributed by atoms with Gasteiger partial charge in [-0.25, -0.2) is 4.68 Å². The van der Waals surface area contributed by atoms with Crippen LogP contribution in [0.15, 0.2) is 5.16 Å². The average molecular weight is 271 g/mol. The van der Waals surface area contributed by atoms with Gasteiger partial charge in [0.05, 0.1) is 6.04 Å². The van der Waals surface area contributed by atoms with E-state index in [9.17, 15) is 4.79 Å². The molecule has 0 saturated heterocycles. The fraction of sp³-hybridized carbons (Fsp3) is 0.800. The van der Waals surface area contributed by atoms with Crippen LogP contribution in [0.4, 0.5) is 0 Å². The summed E-state index contributed by atoms with van der Waals surface area (Å²) >= 11 is 1.39. The zero-order chi connectivity index (χ0) is 13.0. The highest BCUT2D eigenvalue weighted by Gasteiger charge is 2.23. The Hall–Kier alpha value is -1.15.